The first kappa shape index (κ1) is 16.3. The third-order valence-electron chi connectivity index (χ3n) is 1.63. The van der Waals surface area contributed by atoms with E-state index in [2.05, 4.69) is 15.7 Å². The van der Waals surface area contributed by atoms with Gasteiger partial charge < -0.3 is 17.2 Å². The topological polar surface area (TPSA) is 166 Å². The van der Waals surface area contributed by atoms with Gasteiger partial charge in [0.15, 0.2) is 5.96 Å². The summed E-state index contributed by atoms with van der Waals surface area (Å²) in [5.74, 6) is -0.333. The lowest BCUT2D eigenvalue weighted by Gasteiger charge is -2.01. The van der Waals surface area contributed by atoms with E-state index >= 15 is 0 Å². The number of hydrogen-bond acceptors (Lipinski definition) is 5. The molecule has 1 aromatic carbocycles. The first-order valence-electron chi connectivity index (χ1n) is 4.74. The average molecular weight is 276 g/mol. The Bertz CT molecular complexity index is 468. The Morgan fingerprint density at radius 1 is 1.22 bits per heavy atom. The van der Waals surface area contributed by atoms with Crippen LogP contribution >= 0.6 is 0 Å². The van der Waals surface area contributed by atoms with Crippen LogP contribution in [0.3, 0.4) is 0 Å². The maximum Gasteiger partial charge on any atom is 0.397 e. The minimum Gasteiger partial charge on any atom is -0.370 e. The number of rotatable bonds is 4. The van der Waals surface area contributed by atoms with E-state index in [9.17, 15) is 8.42 Å². The molecule has 0 spiro atoms. The van der Waals surface area contributed by atoms with Crippen molar-refractivity contribution in [3.8, 4) is 0 Å². The van der Waals surface area contributed by atoms with Crippen LogP contribution in [0.4, 0.5) is 0 Å². The van der Waals surface area contributed by atoms with E-state index in [1.54, 1.807) is 24.3 Å². The van der Waals surface area contributed by atoms with Crippen LogP contribution in [-0.4, -0.2) is 18.9 Å². The molecule has 0 radical (unpaired) electrons. The molecule has 8 nitrogen and oxygen atoms in total. The van der Waals surface area contributed by atoms with Gasteiger partial charge in [-0.3, -0.25) is 9.96 Å². The number of guanidine groups is 1. The highest BCUT2D eigenvalue weighted by Crippen LogP contribution is 2.06. The van der Waals surface area contributed by atoms with Gasteiger partial charge in [-0.2, -0.15) is 8.42 Å². The molecule has 0 saturated carbocycles. The zero-order valence-corrected chi connectivity index (χ0v) is 10.4. The maximum absolute atomic E-state index is 10.2. The lowest BCUT2D eigenvalue weighted by molar-refractivity contribution is 0.259. The van der Waals surface area contributed by atoms with Crippen LogP contribution in [0.1, 0.15) is 11.1 Å². The molecule has 0 atom stereocenters. The van der Waals surface area contributed by atoms with Crippen molar-refractivity contribution in [2.75, 3.05) is 0 Å². The maximum atomic E-state index is 10.2. The number of nitrogens with one attached hydrogen (secondary N) is 1. The van der Waals surface area contributed by atoms with Gasteiger partial charge >= 0.3 is 10.4 Å². The Kier molecular flexibility index (Phi) is 6.90. The van der Waals surface area contributed by atoms with E-state index in [1.807, 2.05) is 0 Å². The highest BCUT2D eigenvalue weighted by atomic mass is 32.3. The van der Waals surface area contributed by atoms with Crippen molar-refractivity contribution >= 4 is 16.4 Å². The van der Waals surface area contributed by atoms with Crippen molar-refractivity contribution in [2.24, 2.45) is 17.2 Å². The van der Waals surface area contributed by atoms with Gasteiger partial charge in [-0.05, 0) is 11.1 Å². The largest absolute Gasteiger partial charge is 0.397 e. The predicted octanol–water partition coefficient (Wildman–Crippen LogP) is -0.697. The summed E-state index contributed by atoms with van der Waals surface area (Å²) >= 11 is 0. The van der Waals surface area contributed by atoms with Gasteiger partial charge in [0, 0.05) is 6.54 Å². The van der Waals surface area contributed by atoms with Crippen molar-refractivity contribution in [3.05, 3.63) is 35.4 Å². The Morgan fingerprint density at radius 3 is 1.94 bits per heavy atom. The summed E-state index contributed by atoms with van der Waals surface area (Å²) in [6.07, 6.45) is 0. The Morgan fingerprint density at radius 2 is 1.61 bits per heavy atom. The van der Waals surface area contributed by atoms with Crippen molar-refractivity contribution in [1.82, 2.24) is 0 Å². The zero-order valence-electron chi connectivity index (χ0n) is 9.54. The molecule has 102 valence electrons. The Labute approximate surface area is 105 Å². The molecule has 0 unspecified atom stereocenters. The van der Waals surface area contributed by atoms with Crippen molar-refractivity contribution in [1.29, 1.82) is 5.41 Å². The number of nitrogens with two attached hydrogens (primary N) is 3. The molecular formula is C9H16N4O4S. The fourth-order valence-electron chi connectivity index (χ4n) is 0.914. The van der Waals surface area contributed by atoms with Crippen LogP contribution in [-0.2, 0) is 27.7 Å². The fourth-order valence-corrected chi connectivity index (χ4v) is 1.20. The standard InChI is InChI=1S/C8H11NO4S.CH5N3/c9-5-7-1-3-8(4-2-7)6-13-14(10,11)12;2-1(3)4/h1-4H,5-6,9H2,(H,10,11,12);(H5,2,3,4). The van der Waals surface area contributed by atoms with Gasteiger partial charge in [0.1, 0.15) is 0 Å². The van der Waals surface area contributed by atoms with E-state index in [0.717, 1.165) is 5.56 Å². The summed E-state index contributed by atoms with van der Waals surface area (Å²) in [4.78, 5) is 0. The molecule has 0 aromatic heterocycles. The zero-order chi connectivity index (χ0) is 14.2. The quantitative estimate of drug-likeness (QED) is 0.275. The molecule has 1 aromatic rings. The van der Waals surface area contributed by atoms with Crippen LogP contribution < -0.4 is 17.2 Å². The van der Waals surface area contributed by atoms with Crippen LogP contribution in [0.5, 0.6) is 0 Å². The van der Waals surface area contributed by atoms with E-state index < -0.39 is 10.4 Å². The molecule has 0 aliphatic heterocycles. The highest BCUT2D eigenvalue weighted by molar-refractivity contribution is 7.80. The molecule has 0 aliphatic rings. The molecule has 0 amide bonds. The van der Waals surface area contributed by atoms with Crippen LogP contribution in [0.15, 0.2) is 24.3 Å². The van der Waals surface area contributed by atoms with Gasteiger partial charge in [0.25, 0.3) is 0 Å². The molecule has 0 aliphatic carbocycles. The second kappa shape index (κ2) is 7.61. The van der Waals surface area contributed by atoms with E-state index in [4.69, 9.17) is 15.7 Å². The van der Waals surface area contributed by atoms with Crippen LogP contribution in [0.25, 0.3) is 0 Å². The normalized spacial score (nSPS) is 10.3. The third-order valence-corrected chi connectivity index (χ3v) is 2.05. The summed E-state index contributed by atoms with van der Waals surface area (Å²) in [6, 6.07) is 6.91. The molecule has 0 saturated heterocycles. The van der Waals surface area contributed by atoms with Gasteiger partial charge in [-0.25, -0.2) is 4.18 Å². The average Bonchev–Trinajstić information content (AvgIpc) is 2.25. The van der Waals surface area contributed by atoms with Gasteiger partial charge in [0.2, 0.25) is 0 Å². The molecular weight excluding hydrogens is 260 g/mol. The number of hydrogen-bond donors (Lipinski definition) is 5. The predicted molar refractivity (Wildman–Crippen MR) is 66.8 cm³/mol. The van der Waals surface area contributed by atoms with Crippen molar-refractivity contribution < 1.29 is 17.2 Å². The van der Waals surface area contributed by atoms with Crippen LogP contribution in [0, 0.1) is 5.41 Å². The monoisotopic (exact) mass is 276 g/mol. The number of benzene rings is 1. The third kappa shape index (κ3) is 9.54. The van der Waals surface area contributed by atoms with Gasteiger partial charge in [-0.1, -0.05) is 24.3 Å². The molecule has 0 bridgehead atoms. The second-order valence-electron chi connectivity index (χ2n) is 3.17. The summed E-state index contributed by atoms with van der Waals surface area (Å²) in [7, 11) is -4.36. The molecule has 18 heavy (non-hydrogen) atoms. The van der Waals surface area contributed by atoms with Crippen LogP contribution in [0.2, 0.25) is 0 Å². The van der Waals surface area contributed by atoms with Crippen molar-refractivity contribution in [2.45, 2.75) is 13.2 Å². The Balaban J connectivity index is 0.000000631. The smallest absolute Gasteiger partial charge is 0.370 e. The summed E-state index contributed by atoms with van der Waals surface area (Å²) in [5, 5.41) is 6.06. The second-order valence-corrected chi connectivity index (χ2v) is 4.26. The van der Waals surface area contributed by atoms with E-state index in [-0.39, 0.29) is 12.6 Å². The van der Waals surface area contributed by atoms with E-state index in [0.29, 0.717) is 12.1 Å². The summed E-state index contributed by atoms with van der Waals surface area (Å²) in [6.45, 7) is 0.253. The summed E-state index contributed by atoms with van der Waals surface area (Å²) in [5.41, 5.74) is 15.9. The van der Waals surface area contributed by atoms with Gasteiger partial charge in [0.05, 0.1) is 6.61 Å². The first-order valence-corrected chi connectivity index (χ1v) is 6.10. The highest BCUT2D eigenvalue weighted by Gasteiger charge is 2.04. The molecule has 0 fully saturated rings. The minimum absolute atomic E-state index is 0.177. The molecule has 8 N–H and O–H groups in total. The lowest BCUT2D eigenvalue weighted by Crippen LogP contribution is -2.20. The SMILES string of the molecule is N=C(N)N.NCc1ccc(COS(=O)(=O)O)cc1. The Hall–Kier alpha value is -1.68. The summed E-state index contributed by atoms with van der Waals surface area (Å²) < 4.78 is 33.0. The van der Waals surface area contributed by atoms with Gasteiger partial charge in [-0.15, -0.1) is 0 Å². The molecule has 9 heteroatoms. The first-order chi connectivity index (χ1) is 8.24. The molecule has 0 heterocycles. The fraction of sp³-hybridized carbons (Fsp3) is 0.222. The minimum atomic E-state index is -4.36. The molecule has 1 rings (SSSR count). The van der Waals surface area contributed by atoms with E-state index in [1.165, 1.54) is 0 Å². The lowest BCUT2D eigenvalue weighted by atomic mass is 10.1. The van der Waals surface area contributed by atoms with Crippen molar-refractivity contribution in [3.63, 3.8) is 0 Å².